The van der Waals surface area contributed by atoms with Crippen LogP contribution in [0.5, 0.6) is 0 Å². The van der Waals surface area contributed by atoms with E-state index in [-0.39, 0.29) is 18.6 Å². The molecule has 0 spiro atoms. The highest BCUT2D eigenvalue weighted by atomic mass is 16.3. The molecular formula is C14H18N2O. The topological polar surface area (TPSA) is 59.1 Å². The van der Waals surface area contributed by atoms with Gasteiger partial charge in [0.2, 0.25) is 0 Å². The molecule has 3 N–H and O–H groups in total. The van der Waals surface area contributed by atoms with E-state index in [0.29, 0.717) is 6.42 Å². The lowest BCUT2D eigenvalue weighted by Gasteiger charge is -2.20. The van der Waals surface area contributed by atoms with E-state index in [1.54, 1.807) is 6.20 Å². The average molecular weight is 230 g/mol. The zero-order valence-electron chi connectivity index (χ0n) is 10.0. The fourth-order valence-electron chi connectivity index (χ4n) is 2.20. The van der Waals surface area contributed by atoms with Crippen LogP contribution in [0.1, 0.15) is 24.8 Å². The number of rotatable bonds is 4. The molecule has 2 rings (SSSR count). The van der Waals surface area contributed by atoms with Crippen LogP contribution in [-0.2, 0) is 0 Å². The van der Waals surface area contributed by atoms with Crippen molar-refractivity contribution in [2.45, 2.75) is 25.3 Å². The number of aliphatic hydroxyl groups is 1. The molecule has 0 fully saturated rings. The molecule has 2 aromatic rings. The first-order valence-corrected chi connectivity index (χ1v) is 5.93. The molecule has 17 heavy (non-hydrogen) atoms. The van der Waals surface area contributed by atoms with Crippen molar-refractivity contribution in [2.24, 2.45) is 5.73 Å². The van der Waals surface area contributed by atoms with Gasteiger partial charge >= 0.3 is 0 Å². The quantitative estimate of drug-likeness (QED) is 0.845. The fourth-order valence-corrected chi connectivity index (χ4v) is 2.20. The van der Waals surface area contributed by atoms with E-state index in [9.17, 15) is 0 Å². The molecule has 0 saturated carbocycles. The first-order chi connectivity index (χ1) is 8.22. The number of pyridine rings is 1. The standard InChI is InChI=1S/C14H18N2O/c1-10(15)13(6-8-17)11-4-5-14-12(9-11)3-2-7-16-14/h2-5,7,9-10,13,17H,6,8,15H2,1H3. The van der Waals surface area contributed by atoms with Crippen LogP contribution < -0.4 is 5.73 Å². The van der Waals surface area contributed by atoms with Crippen molar-refractivity contribution in [1.82, 2.24) is 4.98 Å². The number of nitrogens with two attached hydrogens (primary N) is 1. The Kier molecular flexibility index (Phi) is 3.71. The molecule has 0 aliphatic rings. The van der Waals surface area contributed by atoms with Crippen LogP contribution in [0, 0.1) is 0 Å². The van der Waals surface area contributed by atoms with Crippen LogP contribution >= 0.6 is 0 Å². The minimum absolute atomic E-state index is 0.0382. The Balaban J connectivity index is 2.40. The van der Waals surface area contributed by atoms with Crippen LogP contribution in [0.2, 0.25) is 0 Å². The summed E-state index contributed by atoms with van der Waals surface area (Å²) >= 11 is 0. The molecule has 2 unspecified atom stereocenters. The molecule has 1 heterocycles. The third kappa shape index (κ3) is 2.62. The Morgan fingerprint density at radius 3 is 2.88 bits per heavy atom. The Bertz CT molecular complexity index is 496. The van der Waals surface area contributed by atoms with Gasteiger partial charge in [-0.1, -0.05) is 12.1 Å². The first kappa shape index (κ1) is 12.0. The molecule has 0 aliphatic heterocycles. The van der Waals surface area contributed by atoms with Gasteiger partial charge in [-0.15, -0.1) is 0 Å². The Morgan fingerprint density at radius 1 is 1.35 bits per heavy atom. The van der Waals surface area contributed by atoms with Crippen molar-refractivity contribution in [2.75, 3.05) is 6.61 Å². The third-order valence-electron chi connectivity index (χ3n) is 3.13. The number of aromatic nitrogens is 1. The highest BCUT2D eigenvalue weighted by molar-refractivity contribution is 5.79. The largest absolute Gasteiger partial charge is 0.396 e. The summed E-state index contributed by atoms with van der Waals surface area (Å²) in [4.78, 5) is 4.29. The molecule has 0 amide bonds. The van der Waals surface area contributed by atoms with E-state index in [1.807, 2.05) is 25.1 Å². The fraction of sp³-hybridized carbons (Fsp3) is 0.357. The predicted molar refractivity (Wildman–Crippen MR) is 69.8 cm³/mol. The summed E-state index contributed by atoms with van der Waals surface area (Å²) in [7, 11) is 0. The zero-order valence-corrected chi connectivity index (χ0v) is 10.0. The van der Waals surface area contributed by atoms with Gasteiger partial charge in [-0.05, 0) is 37.1 Å². The van der Waals surface area contributed by atoms with Crippen molar-refractivity contribution in [1.29, 1.82) is 0 Å². The predicted octanol–water partition coefficient (Wildman–Crippen LogP) is 2.05. The lowest BCUT2D eigenvalue weighted by atomic mass is 9.89. The van der Waals surface area contributed by atoms with Gasteiger partial charge in [0.05, 0.1) is 5.52 Å². The highest BCUT2D eigenvalue weighted by Crippen LogP contribution is 2.25. The zero-order chi connectivity index (χ0) is 12.3. The van der Waals surface area contributed by atoms with E-state index >= 15 is 0 Å². The third-order valence-corrected chi connectivity index (χ3v) is 3.13. The molecule has 0 bridgehead atoms. The summed E-state index contributed by atoms with van der Waals surface area (Å²) in [5.41, 5.74) is 8.14. The summed E-state index contributed by atoms with van der Waals surface area (Å²) in [5, 5.41) is 10.2. The number of aliphatic hydroxyl groups excluding tert-OH is 1. The molecular weight excluding hydrogens is 212 g/mol. The summed E-state index contributed by atoms with van der Waals surface area (Å²) in [6.45, 7) is 2.14. The van der Waals surface area contributed by atoms with Gasteiger partial charge in [-0.2, -0.15) is 0 Å². The van der Waals surface area contributed by atoms with E-state index in [1.165, 1.54) is 5.56 Å². The van der Waals surface area contributed by atoms with Crippen molar-refractivity contribution < 1.29 is 5.11 Å². The molecule has 0 radical (unpaired) electrons. The summed E-state index contributed by atoms with van der Waals surface area (Å²) in [6.07, 6.45) is 2.49. The van der Waals surface area contributed by atoms with Gasteiger partial charge < -0.3 is 10.8 Å². The number of hydrogen-bond donors (Lipinski definition) is 2. The highest BCUT2D eigenvalue weighted by Gasteiger charge is 2.15. The molecule has 0 aliphatic carbocycles. The second kappa shape index (κ2) is 5.25. The molecule has 1 aromatic carbocycles. The van der Waals surface area contributed by atoms with E-state index in [4.69, 9.17) is 10.8 Å². The van der Waals surface area contributed by atoms with Crippen molar-refractivity contribution in [3.05, 3.63) is 42.1 Å². The Hall–Kier alpha value is -1.45. The average Bonchev–Trinajstić information content (AvgIpc) is 2.35. The van der Waals surface area contributed by atoms with Crippen LogP contribution in [-0.4, -0.2) is 22.7 Å². The number of fused-ring (bicyclic) bond motifs is 1. The number of benzene rings is 1. The van der Waals surface area contributed by atoms with E-state index in [2.05, 4.69) is 17.1 Å². The number of hydrogen-bond acceptors (Lipinski definition) is 3. The maximum Gasteiger partial charge on any atom is 0.0702 e. The van der Waals surface area contributed by atoms with Crippen LogP contribution in [0.15, 0.2) is 36.5 Å². The Morgan fingerprint density at radius 2 is 2.18 bits per heavy atom. The monoisotopic (exact) mass is 230 g/mol. The van der Waals surface area contributed by atoms with Crippen molar-refractivity contribution in [3.63, 3.8) is 0 Å². The number of nitrogens with zero attached hydrogens (tertiary/aromatic N) is 1. The van der Waals surface area contributed by atoms with Gasteiger partial charge in [0.25, 0.3) is 0 Å². The molecule has 1 aromatic heterocycles. The summed E-state index contributed by atoms with van der Waals surface area (Å²) in [5.74, 6) is 0.199. The molecule has 3 nitrogen and oxygen atoms in total. The van der Waals surface area contributed by atoms with Crippen LogP contribution in [0.25, 0.3) is 10.9 Å². The molecule has 3 heteroatoms. The minimum Gasteiger partial charge on any atom is -0.396 e. The van der Waals surface area contributed by atoms with Gasteiger partial charge in [0.15, 0.2) is 0 Å². The van der Waals surface area contributed by atoms with Gasteiger partial charge in [0, 0.05) is 30.1 Å². The van der Waals surface area contributed by atoms with Gasteiger partial charge in [-0.3, -0.25) is 4.98 Å². The van der Waals surface area contributed by atoms with Gasteiger partial charge in [0.1, 0.15) is 0 Å². The summed E-state index contributed by atoms with van der Waals surface area (Å²) in [6, 6.07) is 10.2. The second-order valence-corrected chi connectivity index (χ2v) is 4.43. The maximum atomic E-state index is 9.09. The van der Waals surface area contributed by atoms with E-state index in [0.717, 1.165) is 10.9 Å². The molecule has 90 valence electrons. The normalized spacial score (nSPS) is 14.8. The van der Waals surface area contributed by atoms with Crippen LogP contribution in [0.3, 0.4) is 0 Å². The summed E-state index contributed by atoms with van der Waals surface area (Å²) < 4.78 is 0. The molecule has 0 saturated heterocycles. The van der Waals surface area contributed by atoms with Gasteiger partial charge in [-0.25, -0.2) is 0 Å². The van der Waals surface area contributed by atoms with Crippen LogP contribution in [0.4, 0.5) is 0 Å². The van der Waals surface area contributed by atoms with E-state index < -0.39 is 0 Å². The van der Waals surface area contributed by atoms with Crippen molar-refractivity contribution >= 4 is 10.9 Å². The first-order valence-electron chi connectivity index (χ1n) is 5.93. The second-order valence-electron chi connectivity index (χ2n) is 4.43. The molecule has 2 atom stereocenters. The van der Waals surface area contributed by atoms with Crippen molar-refractivity contribution in [3.8, 4) is 0 Å². The maximum absolute atomic E-state index is 9.09. The SMILES string of the molecule is CC(N)C(CCO)c1ccc2ncccc2c1. The minimum atomic E-state index is 0.0382. The lowest BCUT2D eigenvalue weighted by Crippen LogP contribution is -2.25. The lowest BCUT2D eigenvalue weighted by molar-refractivity contribution is 0.269. The Labute approximate surface area is 101 Å². The smallest absolute Gasteiger partial charge is 0.0702 e.